The van der Waals surface area contributed by atoms with E-state index in [1.807, 2.05) is 0 Å². The zero-order valence-corrected chi connectivity index (χ0v) is 17.9. The number of aliphatic hydroxyl groups excluding tert-OH is 1. The summed E-state index contributed by atoms with van der Waals surface area (Å²) in [7, 11) is 0. The van der Waals surface area contributed by atoms with Crippen LogP contribution in [0.2, 0.25) is 0 Å². The fraction of sp³-hybridized carbons (Fsp3) is 0.737. The second kappa shape index (κ2) is 12.2. The summed E-state index contributed by atoms with van der Waals surface area (Å²) in [5.74, 6) is -5.58. The number of amides is 3. The molecular weight excluding hydrogens is 412 g/mol. The molecule has 0 aliphatic carbocycles. The molecule has 1 saturated heterocycles. The summed E-state index contributed by atoms with van der Waals surface area (Å²) in [5.41, 5.74) is 0. The van der Waals surface area contributed by atoms with Crippen LogP contribution in [0, 0.1) is 5.92 Å². The number of nitrogens with one attached hydrogen (secondary N) is 4. The number of carboxylic acids is 2. The molecule has 1 aliphatic heterocycles. The van der Waals surface area contributed by atoms with E-state index in [1.165, 1.54) is 6.92 Å². The molecule has 0 aromatic heterocycles. The summed E-state index contributed by atoms with van der Waals surface area (Å²) in [6, 6.07) is -4.81. The molecular formula is C19H32N4O8. The van der Waals surface area contributed by atoms with E-state index in [1.54, 1.807) is 13.8 Å². The molecule has 12 heteroatoms. The SMILES string of the molecule is CCC(C)C(NC(=O)C(CC(=O)O)NC(=O)C(NC(=O)C1CCCN1)C(C)O)C(=O)O. The van der Waals surface area contributed by atoms with E-state index < -0.39 is 72.3 Å². The van der Waals surface area contributed by atoms with Gasteiger partial charge < -0.3 is 36.6 Å². The lowest BCUT2D eigenvalue weighted by Crippen LogP contribution is -2.60. The van der Waals surface area contributed by atoms with E-state index in [2.05, 4.69) is 21.3 Å². The predicted molar refractivity (Wildman–Crippen MR) is 108 cm³/mol. The van der Waals surface area contributed by atoms with Crippen molar-refractivity contribution in [3.05, 3.63) is 0 Å². The van der Waals surface area contributed by atoms with E-state index >= 15 is 0 Å². The van der Waals surface area contributed by atoms with Gasteiger partial charge in [0.2, 0.25) is 17.7 Å². The molecule has 0 spiro atoms. The topological polar surface area (TPSA) is 194 Å². The monoisotopic (exact) mass is 444 g/mol. The molecule has 1 heterocycles. The maximum absolute atomic E-state index is 12.6. The van der Waals surface area contributed by atoms with E-state index in [4.69, 9.17) is 5.11 Å². The van der Waals surface area contributed by atoms with Crippen molar-refractivity contribution in [3.63, 3.8) is 0 Å². The van der Waals surface area contributed by atoms with Crippen molar-refractivity contribution < 1.29 is 39.3 Å². The van der Waals surface area contributed by atoms with Gasteiger partial charge in [-0.3, -0.25) is 19.2 Å². The van der Waals surface area contributed by atoms with Gasteiger partial charge in [0.05, 0.1) is 18.6 Å². The Morgan fingerprint density at radius 1 is 1.00 bits per heavy atom. The van der Waals surface area contributed by atoms with Gasteiger partial charge in [-0.05, 0) is 32.2 Å². The first-order valence-corrected chi connectivity index (χ1v) is 10.2. The number of hydrogen-bond donors (Lipinski definition) is 7. The molecule has 0 saturated carbocycles. The van der Waals surface area contributed by atoms with Crippen LogP contribution in [-0.4, -0.2) is 81.8 Å². The van der Waals surface area contributed by atoms with Crippen LogP contribution in [0.5, 0.6) is 0 Å². The highest BCUT2D eigenvalue weighted by Gasteiger charge is 2.35. The molecule has 1 rings (SSSR count). The molecule has 176 valence electrons. The second-order valence-corrected chi connectivity index (χ2v) is 7.74. The van der Waals surface area contributed by atoms with Gasteiger partial charge >= 0.3 is 11.9 Å². The Kier molecular flexibility index (Phi) is 10.4. The average Bonchev–Trinajstić information content (AvgIpc) is 3.22. The van der Waals surface area contributed by atoms with Crippen molar-refractivity contribution in [2.75, 3.05) is 6.54 Å². The van der Waals surface area contributed by atoms with E-state index in [9.17, 15) is 34.2 Å². The highest BCUT2D eigenvalue weighted by atomic mass is 16.4. The van der Waals surface area contributed by atoms with Crippen LogP contribution in [0.4, 0.5) is 0 Å². The first kappa shape index (κ1) is 26.3. The third kappa shape index (κ3) is 8.13. The summed E-state index contributed by atoms with van der Waals surface area (Å²) in [4.78, 5) is 60.1. The maximum atomic E-state index is 12.6. The van der Waals surface area contributed by atoms with Crippen molar-refractivity contribution in [2.24, 2.45) is 5.92 Å². The van der Waals surface area contributed by atoms with Crippen molar-refractivity contribution >= 4 is 29.7 Å². The summed E-state index contributed by atoms with van der Waals surface area (Å²) in [6.07, 6.45) is -0.347. The zero-order valence-electron chi connectivity index (χ0n) is 17.9. The smallest absolute Gasteiger partial charge is 0.326 e. The molecule has 7 N–H and O–H groups in total. The van der Waals surface area contributed by atoms with Gasteiger partial charge in [-0.2, -0.15) is 0 Å². The van der Waals surface area contributed by atoms with Crippen LogP contribution in [-0.2, 0) is 24.0 Å². The van der Waals surface area contributed by atoms with Crippen molar-refractivity contribution in [1.29, 1.82) is 0 Å². The molecule has 3 amide bonds. The first-order valence-electron chi connectivity index (χ1n) is 10.2. The minimum absolute atomic E-state index is 0.439. The van der Waals surface area contributed by atoms with Gasteiger partial charge in [0.1, 0.15) is 18.1 Å². The van der Waals surface area contributed by atoms with Gasteiger partial charge in [-0.15, -0.1) is 0 Å². The normalized spacial score (nSPS) is 20.6. The summed E-state index contributed by atoms with van der Waals surface area (Å²) < 4.78 is 0. The second-order valence-electron chi connectivity index (χ2n) is 7.74. The Hall–Kier alpha value is -2.73. The Bertz CT molecular complexity index is 678. The molecule has 6 unspecified atom stereocenters. The fourth-order valence-corrected chi connectivity index (χ4v) is 3.15. The number of hydrogen-bond acceptors (Lipinski definition) is 7. The lowest BCUT2D eigenvalue weighted by atomic mass is 9.98. The minimum Gasteiger partial charge on any atom is -0.481 e. The average molecular weight is 444 g/mol. The molecule has 6 atom stereocenters. The molecule has 1 aliphatic rings. The number of carbonyl (C=O) groups is 5. The molecule has 31 heavy (non-hydrogen) atoms. The van der Waals surface area contributed by atoms with Crippen LogP contribution >= 0.6 is 0 Å². The molecule has 12 nitrogen and oxygen atoms in total. The Balaban J connectivity index is 2.92. The van der Waals surface area contributed by atoms with Crippen LogP contribution < -0.4 is 21.3 Å². The first-order chi connectivity index (χ1) is 14.5. The zero-order chi connectivity index (χ0) is 23.7. The highest BCUT2D eigenvalue weighted by Crippen LogP contribution is 2.09. The van der Waals surface area contributed by atoms with Crippen molar-refractivity contribution in [3.8, 4) is 0 Å². The Morgan fingerprint density at radius 3 is 2.10 bits per heavy atom. The Morgan fingerprint density at radius 2 is 1.65 bits per heavy atom. The number of aliphatic hydroxyl groups is 1. The lowest BCUT2D eigenvalue weighted by Gasteiger charge is -2.27. The van der Waals surface area contributed by atoms with Gasteiger partial charge in [-0.25, -0.2) is 4.79 Å². The molecule has 0 radical (unpaired) electrons. The van der Waals surface area contributed by atoms with Crippen molar-refractivity contribution in [2.45, 2.75) is 76.7 Å². The number of rotatable bonds is 12. The highest BCUT2D eigenvalue weighted by molar-refractivity contribution is 5.95. The van der Waals surface area contributed by atoms with E-state index in [-0.39, 0.29) is 0 Å². The lowest BCUT2D eigenvalue weighted by molar-refractivity contribution is -0.145. The van der Waals surface area contributed by atoms with E-state index in [0.717, 1.165) is 6.42 Å². The maximum Gasteiger partial charge on any atom is 0.326 e. The summed E-state index contributed by atoms with van der Waals surface area (Å²) in [5, 5.41) is 38.2. The number of carboxylic acid groups (broad SMARTS) is 2. The van der Waals surface area contributed by atoms with Gasteiger partial charge in [0.15, 0.2) is 0 Å². The van der Waals surface area contributed by atoms with Crippen LogP contribution in [0.25, 0.3) is 0 Å². The molecule has 0 aromatic carbocycles. The fourth-order valence-electron chi connectivity index (χ4n) is 3.15. The molecule has 0 bridgehead atoms. The number of carbonyl (C=O) groups excluding carboxylic acids is 3. The Labute approximate surface area is 180 Å². The molecule has 1 fully saturated rings. The van der Waals surface area contributed by atoms with Crippen LogP contribution in [0.3, 0.4) is 0 Å². The van der Waals surface area contributed by atoms with Crippen LogP contribution in [0.1, 0.15) is 46.5 Å². The summed E-state index contributed by atoms with van der Waals surface area (Å²) in [6.45, 7) is 5.26. The van der Waals surface area contributed by atoms with Gasteiger partial charge in [0, 0.05) is 0 Å². The number of aliphatic carboxylic acids is 2. The van der Waals surface area contributed by atoms with E-state index in [0.29, 0.717) is 19.4 Å². The predicted octanol–water partition coefficient (Wildman–Crippen LogP) is -1.82. The minimum atomic E-state index is -1.60. The quantitative estimate of drug-likeness (QED) is 0.181. The molecule has 0 aromatic rings. The largest absolute Gasteiger partial charge is 0.481 e. The van der Waals surface area contributed by atoms with Gasteiger partial charge in [0.25, 0.3) is 0 Å². The van der Waals surface area contributed by atoms with Crippen LogP contribution in [0.15, 0.2) is 0 Å². The third-order valence-electron chi connectivity index (χ3n) is 5.23. The standard InChI is InChI=1S/C19H32N4O8/c1-4-9(2)14(19(30)31)22-17(28)12(8-13(25)26)21-18(29)15(10(3)24)23-16(27)11-6-5-7-20-11/h9-12,14-15,20,24H,4-8H2,1-3H3,(H,21,29)(H,22,28)(H,23,27)(H,25,26)(H,30,31). The van der Waals surface area contributed by atoms with Crippen molar-refractivity contribution in [1.82, 2.24) is 21.3 Å². The third-order valence-corrected chi connectivity index (χ3v) is 5.23. The van der Waals surface area contributed by atoms with Gasteiger partial charge in [-0.1, -0.05) is 20.3 Å². The summed E-state index contributed by atoms with van der Waals surface area (Å²) >= 11 is 0.